The van der Waals surface area contributed by atoms with Gasteiger partial charge in [0, 0.05) is 35.7 Å². The number of fused-ring (bicyclic) bond motifs is 1. The number of hydrogen-bond acceptors (Lipinski definition) is 8. The zero-order valence-electron chi connectivity index (χ0n) is 22.3. The van der Waals surface area contributed by atoms with Crippen LogP contribution < -0.4 is 10.0 Å². The minimum Gasteiger partial charge on any atom is -0.383 e. The molecule has 2 aromatic heterocycles. The molecular formula is C26H38N8O2S. The van der Waals surface area contributed by atoms with Crippen molar-refractivity contribution in [3.05, 3.63) is 43.1 Å². The first kappa shape index (κ1) is 27.0. The predicted molar refractivity (Wildman–Crippen MR) is 148 cm³/mol. The smallest absolute Gasteiger partial charge is 0.219 e. The minimum atomic E-state index is -3.61. The zero-order chi connectivity index (χ0) is 26.6. The lowest BCUT2D eigenvalue weighted by Crippen LogP contribution is -2.45. The molecule has 2 atom stereocenters. The molecule has 1 fully saturated rings. The summed E-state index contributed by atoms with van der Waals surface area (Å²) in [6, 6.07) is 6.16. The molecule has 11 heteroatoms. The highest BCUT2D eigenvalue weighted by molar-refractivity contribution is 7.90. The van der Waals surface area contributed by atoms with Crippen LogP contribution in [0.2, 0.25) is 0 Å². The molecular weight excluding hydrogens is 488 g/mol. The van der Waals surface area contributed by atoms with Crippen LogP contribution in [0.25, 0.3) is 16.6 Å². The van der Waals surface area contributed by atoms with Gasteiger partial charge in [-0.05, 0) is 59.6 Å². The zero-order valence-corrected chi connectivity index (χ0v) is 23.1. The van der Waals surface area contributed by atoms with Crippen LogP contribution in [0.3, 0.4) is 0 Å². The first-order valence-electron chi connectivity index (χ1n) is 13.0. The molecule has 2 N–H and O–H groups in total. The van der Waals surface area contributed by atoms with E-state index >= 15 is 0 Å². The van der Waals surface area contributed by atoms with E-state index in [1.807, 2.05) is 32.0 Å². The quantitative estimate of drug-likeness (QED) is 0.287. The lowest BCUT2D eigenvalue weighted by molar-refractivity contribution is 0.162. The summed E-state index contributed by atoms with van der Waals surface area (Å²) < 4.78 is 31.0. The SMILES string of the molecule is C/C(=N/N(C(C)C)C1CCCC1)C(C)S(=O)(=O)NC(C)CNc1cccc2c1cnn2-c1cncnc1. The highest BCUT2D eigenvalue weighted by Gasteiger charge is 2.28. The number of nitrogens with zero attached hydrogens (tertiary/aromatic N) is 6. The van der Waals surface area contributed by atoms with Crippen LogP contribution in [0.5, 0.6) is 0 Å². The monoisotopic (exact) mass is 526 g/mol. The molecule has 0 radical (unpaired) electrons. The molecule has 3 aromatic rings. The Morgan fingerprint density at radius 2 is 1.84 bits per heavy atom. The predicted octanol–water partition coefficient (Wildman–Crippen LogP) is 3.95. The van der Waals surface area contributed by atoms with Crippen molar-refractivity contribution in [3.8, 4) is 5.69 Å². The maximum Gasteiger partial charge on any atom is 0.219 e. The van der Waals surface area contributed by atoms with Gasteiger partial charge in [-0.25, -0.2) is 27.8 Å². The molecule has 37 heavy (non-hydrogen) atoms. The van der Waals surface area contributed by atoms with Gasteiger partial charge in [-0.3, -0.25) is 5.01 Å². The third kappa shape index (κ3) is 6.27. The Hall–Kier alpha value is -3.05. The summed E-state index contributed by atoms with van der Waals surface area (Å²) in [5.74, 6) is 0. The van der Waals surface area contributed by atoms with E-state index in [1.165, 1.54) is 19.2 Å². The minimum absolute atomic E-state index is 0.227. The maximum atomic E-state index is 13.2. The van der Waals surface area contributed by atoms with E-state index in [2.05, 4.69) is 44.0 Å². The Morgan fingerprint density at radius 1 is 1.14 bits per heavy atom. The second kappa shape index (κ2) is 11.6. The number of rotatable bonds is 11. The Morgan fingerprint density at radius 3 is 2.51 bits per heavy atom. The van der Waals surface area contributed by atoms with E-state index in [-0.39, 0.29) is 12.1 Å². The van der Waals surface area contributed by atoms with Crippen LogP contribution >= 0.6 is 0 Å². The third-order valence-electron chi connectivity index (χ3n) is 6.92. The molecule has 4 rings (SSSR count). The number of sulfonamides is 1. The van der Waals surface area contributed by atoms with Crippen LogP contribution in [0, 0.1) is 0 Å². The Balaban J connectivity index is 1.41. The van der Waals surface area contributed by atoms with E-state index in [9.17, 15) is 8.42 Å². The van der Waals surface area contributed by atoms with Gasteiger partial charge in [-0.15, -0.1) is 0 Å². The van der Waals surface area contributed by atoms with Crippen molar-refractivity contribution in [1.82, 2.24) is 29.5 Å². The van der Waals surface area contributed by atoms with Gasteiger partial charge in [0.1, 0.15) is 17.3 Å². The van der Waals surface area contributed by atoms with Gasteiger partial charge in [0.05, 0.1) is 29.8 Å². The first-order chi connectivity index (χ1) is 17.7. The highest BCUT2D eigenvalue weighted by Crippen LogP contribution is 2.26. The molecule has 0 amide bonds. The fourth-order valence-electron chi connectivity index (χ4n) is 4.77. The molecule has 1 aromatic carbocycles. The molecule has 0 bridgehead atoms. The van der Waals surface area contributed by atoms with Crippen molar-refractivity contribution >= 4 is 32.3 Å². The summed E-state index contributed by atoms with van der Waals surface area (Å²) >= 11 is 0. The Kier molecular flexibility index (Phi) is 8.43. The van der Waals surface area contributed by atoms with E-state index < -0.39 is 15.3 Å². The molecule has 2 unspecified atom stereocenters. The average molecular weight is 527 g/mol. The van der Waals surface area contributed by atoms with Crippen LogP contribution in [0.1, 0.15) is 60.3 Å². The average Bonchev–Trinajstić information content (AvgIpc) is 3.56. The lowest BCUT2D eigenvalue weighted by Gasteiger charge is -2.31. The largest absolute Gasteiger partial charge is 0.383 e. The summed E-state index contributed by atoms with van der Waals surface area (Å²) in [4.78, 5) is 8.14. The van der Waals surface area contributed by atoms with E-state index in [0.717, 1.165) is 35.1 Å². The Labute approximate surface area is 219 Å². The first-order valence-corrected chi connectivity index (χ1v) is 14.5. The number of anilines is 1. The molecule has 0 saturated heterocycles. The Bertz CT molecular complexity index is 1320. The molecule has 1 saturated carbocycles. The van der Waals surface area contributed by atoms with Crippen molar-refractivity contribution in [1.29, 1.82) is 0 Å². The molecule has 1 aliphatic rings. The summed E-state index contributed by atoms with van der Waals surface area (Å²) in [6.45, 7) is 10.0. The van der Waals surface area contributed by atoms with Crippen LogP contribution in [-0.2, 0) is 10.0 Å². The summed E-state index contributed by atoms with van der Waals surface area (Å²) in [7, 11) is -3.61. The topological polar surface area (TPSA) is 117 Å². The van der Waals surface area contributed by atoms with Crippen LogP contribution in [0.4, 0.5) is 5.69 Å². The molecule has 0 aliphatic heterocycles. The number of benzene rings is 1. The van der Waals surface area contributed by atoms with Crippen LogP contribution in [0.15, 0.2) is 48.2 Å². The standard InChI is InChI=1S/C26H38N8O2S/c1-18(2)33(22-9-6-7-10-22)31-20(4)21(5)37(35,36)32-19(3)13-29-25-11-8-12-26-24(25)16-30-34(26)23-14-27-17-28-15-23/h8,11-12,14-19,21-22,29,32H,6-7,9-10,13H2,1-5H3/b31-20-. The number of nitrogens with one attached hydrogen (secondary N) is 2. The van der Waals surface area contributed by atoms with Crippen molar-refractivity contribution < 1.29 is 8.42 Å². The molecule has 0 spiro atoms. The number of aromatic nitrogens is 4. The van der Waals surface area contributed by atoms with E-state index in [4.69, 9.17) is 5.10 Å². The second-order valence-corrected chi connectivity index (χ2v) is 12.2. The summed E-state index contributed by atoms with van der Waals surface area (Å²) in [6.07, 6.45) is 11.3. The van der Waals surface area contributed by atoms with E-state index in [0.29, 0.717) is 18.3 Å². The normalized spacial score (nSPS) is 16.9. The highest BCUT2D eigenvalue weighted by atomic mass is 32.2. The molecule has 200 valence electrons. The van der Waals surface area contributed by atoms with Gasteiger partial charge in [-0.1, -0.05) is 18.9 Å². The fourth-order valence-corrected chi connectivity index (χ4v) is 6.12. The second-order valence-electron chi connectivity index (χ2n) is 10.1. The lowest BCUT2D eigenvalue weighted by atomic mass is 10.2. The number of hydrazone groups is 1. The van der Waals surface area contributed by atoms with Crippen molar-refractivity contribution in [2.24, 2.45) is 5.10 Å². The fraction of sp³-hybridized carbons (Fsp3) is 0.538. The van der Waals surface area contributed by atoms with Gasteiger partial charge in [-0.2, -0.15) is 10.2 Å². The van der Waals surface area contributed by atoms with Gasteiger partial charge < -0.3 is 5.32 Å². The van der Waals surface area contributed by atoms with Gasteiger partial charge in [0.15, 0.2) is 0 Å². The summed E-state index contributed by atoms with van der Waals surface area (Å²) in [5.41, 5.74) is 3.16. The third-order valence-corrected chi connectivity index (χ3v) is 8.93. The summed E-state index contributed by atoms with van der Waals surface area (Å²) in [5, 5.41) is 14.9. The van der Waals surface area contributed by atoms with Gasteiger partial charge in [0.2, 0.25) is 10.0 Å². The van der Waals surface area contributed by atoms with Crippen LogP contribution in [-0.4, -0.2) is 68.8 Å². The van der Waals surface area contributed by atoms with Gasteiger partial charge >= 0.3 is 0 Å². The molecule has 10 nitrogen and oxygen atoms in total. The molecule has 1 aliphatic carbocycles. The molecule has 2 heterocycles. The van der Waals surface area contributed by atoms with Crippen molar-refractivity contribution in [3.63, 3.8) is 0 Å². The maximum absolute atomic E-state index is 13.2. The van der Waals surface area contributed by atoms with Crippen molar-refractivity contribution in [2.75, 3.05) is 11.9 Å². The van der Waals surface area contributed by atoms with Gasteiger partial charge in [0.25, 0.3) is 0 Å². The number of hydrogen-bond donors (Lipinski definition) is 2. The van der Waals surface area contributed by atoms with E-state index in [1.54, 1.807) is 30.2 Å². The van der Waals surface area contributed by atoms with Crippen molar-refractivity contribution in [2.45, 2.75) is 83.7 Å².